The molecule has 1 heterocycles. The van der Waals surface area contributed by atoms with Gasteiger partial charge in [0.25, 0.3) is 0 Å². The lowest BCUT2D eigenvalue weighted by molar-refractivity contribution is -0.102. The number of hydrogen-bond donors (Lipinski definition) is 0. The maximum Gasteiger partial charge on any atom is 0.166 e. The van der Waals surface area contributed by atoms with Crippen molar-refractivity contribution in [2.45, 2.75) is 12.8 Å². The Morgan fingerprint density at radius 3 is 2.67 bits per heavy atom. The number of rotatable bonds is 1. The zero-order chi connectivity index (χ0) is 6.69. The normalized spacial score (nSPS) is 18.3. The number of aldehydes is 1. The van der Waals surface area contributed by atoms with Gasteiger partial charge in [-0.15, -0.1) is 5.10 Å². The molecule has 0 fully saturated rings. The molecule has 1 rings (SSSR count). The molecule has 0 atom stereocenters. The first-order valence-electron chi connectivity index (χ1n) is 2.57. The van der Waals surface area contributed by atoms with Gasteiger partial charge in [0.2, 0.25) is 0 Å². The van der Waals surface area contributed by atoms with Crippen molar-refractivity contribution < 1.29 is 4.79 Å². The lowest BCUT2D eigenvalue weighted by atomic mass is 10.2. The highest BCUT2D eigenvalue weighted by atomic mass is 35.5. The Labute approximate surface area is 57.4 Å². The van der Waals surface area contributed by atoms with Gasteiger partial charge >= 0.3 is 0 Å². The summed E-state index contributed by atoms with van der Waals surface area (Å²) in [4.78, 5) is 10.0. The van der Waals surface area contributed by atoms with E-state index in [2.05, 4.69) is 10.2 Å². The molecule has 0 aliphatic carbocycles. The van der Waals surface area contributed by atoms with Crippen molar-refractivity contribution in [3.8, 4) is 0 Å². The number of nitrogens with zero attached hydrogens (tertiary/aromatic N) is 2. The summed E-state index contributed by atoms with van der Waals surface area (Å²) in [5.74, 6) is 0. The third kappa shape index (κ3) is 1.61. The molecule has 0 aromatic rings. The second-order valence-electron chi connectivity index (χ2n) is 1.69. The Morgan fingerprint density at radius 1 is 1.44 bits per heavy atom. The van der Waals surface area contributed by atoms with Gasteiger partial charge in [0.1, 0.15) is 10.9 Å². The van der Waals surface area contributed by atoms with Gasteiger partial charge in [0.05, 0.1) is 0 Å². The zero-order valence-corrected chi connectivity index (χ0v) is 5.43. The van der Waals surface area contributed by atoms with E-state index in [1.54, 1.807) is 0 Å². The van der Waals surface area contributed by atoms with Crippen LogP contribution < -0.4 is 0 Å². The molecule has 0 aromatic heterocycles. The first-order valence-corrected chi connectivity index (χ1v) is 2.95. The zero-order valence-electron chi connectivity index (χ0n) is 4.67. The Kier molecular flexibility index (Phi) is 1.95. The van der Waals surface area contributed by atoms with E-state index < -0.39 is 0 Å². The fraction of sp³-hybridized carbons (Fsp3) is 0.400. The highest BCUT2D eigenvalue weighted by Gasteiger charge is 2.05. The molecule has 0 unspecified atom stereocenters. The summed E-state index contributed by atoms with van der Waals surface area (Å²) in [6.07, 6.45) is 1.96. The van der Waals surface area contributed by atoms with Crippen LogP contribution in [0.3, 0.4) is 0 Å². The van der Waals surface area contributed by atoms with Crippen LogP contribution in [0.1, 0.15) is 12.8 Å². The average Bonchev–Trinajstić information content (AvgIpc) is 1.90. The van der Waals surface area contributed by atoms with Crippen LogP contribution in [0.25, 0.3) is 0 Å². The van der Waals surface area contributed by atoms with E-state index in [9.17, 15) is 4.79 Å². The largest absolute Gasteiger partial charge is 0.296 e. The molecule has 1 aliphatic heterocycles. The van der Waals surface area contributed by atoms with Crippen LogP contribution in [-0.4, -0.2) is 17.2 Å². The van der Waals surface area contributed by atoms with E-state index in [-0.39, 0.29) is 0 Å². The van der Waals surface area contributed by atoms with Gasteiger partial charge in [-0.2, -0.15) is 5.10 Å². The van der Waals surface area contributed by atoms with E-state index in [1.165, 1.54) is 0 Å². The summed E-state index contributed by atoms with van der Waals surface area (Å²) in [5.41, 5.74) is 0.472. The van der Waals surface area contributed by atoms with Crippen LogP contribution >= 0.6 is 11.6 Å². The fourth-order valence-electron chi connectivity index (χ4n) is 0.532. The first kappa shape index (κ1) is 6.42. The predicted octanol–water partition coefficient (Wildman–Crippen LogP) is 0.972. The standard InChI is InChI=1S/C5H5ClN2O/c6-5-2-1-4(3-9)7-8-5/h3H,1-2H2. The molecule has 0 amide bonds. The van der Waals surface area contributed by atoms with Crippen LogP contribution in [0.2, 0.25) is 0 Å². The number of carbonyl (C=O) groups is 1. The minimum atomic E-state index is 0.472. The Morgan fingerprint density at radius 2 is 2.22 bits per heavy atom. The van der Waals surface area contributed by atoms with Crippen LogP contribution in [-0.2, 0) is 4.79 Å². The highest BCUT2D eigenvalue weighted by molar-refractivity contribution is 6.65. The molecule has 3 nitrogen and oxygen atoms in total. The molecule has 0 bridgehead atoms. The van der Waals surface area contributed by atoms with Gasteiger partial charge in [0, 0.05) is 12.8 Å². The van der Waals surface area contributed by atoms with E-state index in [0.29, 0.717) is 30.0 Å². The maximum atomic E-state index is 10.0. The van der Waals surface area contributed by atoms with Gasteiger partial charge in [-0.3, -0.25) is 4.79 Å². The van der Waals surface area contributed by atoms with E-state index in [0.717, 1.165) is 0 Å². The van der Waals surface area contributed by atoms with Gasteiger partial charge in [-0.1, -0.05) is 11.6 Å². The minimum absolute atomic E-state index is 0.472. The van der Waals surface area contributed by atoms with Crippen molar-refractivity contribution in [1.29, 1.82) is 0 Å². The predicted molar refractivity (Wildman–Crippen MR) is 36.0 cm³/mol. The second kappa shape index (κ2) is 2.73. The van der Waals surface area contributed by atoms with Crippen molar-refractivity contribution >= 4 is 28.8 Å². The second-order valence-corrected chi connectivity index (χ2v) is 2.12. The summed E-state index contributed by atoms with van der Waals surface area (Å²) in [6.45, 7) is 0. The lowest BCUT2D eigenvalue weighted by Crippen LogP contribution is -2.05. The molecule has 48 valence electrons. The van der Waals surface area contributed by atoms with Crippen LogP contribution in [0.4, 0.5) is 0 Å². The summed E-state index contributed by atoms with van der Waals surface area (Å²) in [6, 6.07) is 0. The van der Waals surface area contributed by atoms with Crippen molar-refractivity contribution in [3.63, 3.8) is 0 Å². The fourth-order valence-corrected chi connectivity index (χ4v) is 0.664. The highest BCUT2D eigenvalue weighted by Crippen LogP contribution is 2.05. The molecular weight excluding hydrogens is 140 g/mol. The van der Waals surface area contributed by atoms with Gasteiger partial charge < -0.3 is 0 Å². The van der Waals surface area contributed by atoms with Gasteiger partial charge in [0.15, 0.2) is 6.29 Å². The smallest absolute Gasteiger partial charge is 0.166 e. The monoisotopic (exact) mass is 144 g/mol. The topological polar surface area (TPSA) is 41.8 Å². The SMILES string of the molecule is O=CC1=NN=C(Cl)CC1. The van der Waals surface area contributed by atoms with E-state index >= 15 is 0 Å². The number of carbonyl (C=O) groups excluding carboxylic acids is 1. The molecule has 4 heteroatoms. The van der Waals surface area contributed by atoms with Crippen LogP contribution in [0.5, 0.6) is 0 Å². The van der Waals surface area contributed by atoms with Crippen molar-refractivity contribution in [1.82, 2.24) is 0 Å². The Balaban J connectivity index is 2.69. The minimum Gasteiger partial charge on any atom is -0.296 e. The quantitative estimate of drug-likeness (QED) is 0.506. The van der Waals surface area contributed by atoms with Crippen molar-refractivity contribution in [2.24, 2.45) is 10.2 Å². The molecular formula is C5H5ClN2O. The third-order valence-electron chi connectivity index (χ3n) is 1.01. The van der Waals surface area contributed by atoms with Gasteiger partial charge in [-0.05, 0) is 0 Å². The molecule has 0 saturated heterocycles. The van der Waals surface area contributed by atoms with E-state index in [1.807, 2.05) is 0 Å². The summed E-state index contributed by atoms with van der Waals surface area (Å²) >= 11 is 5.47. The Hall–Kier alpha value is -0.700. The lowest BCUT2D eigenvalue weighted by Gasteiger charge is -2.00. The third-order valence-corrected chi connectivity index (χ3v) is 1.28. The van der Waals surface area contributed by atoms with Gasteiger partial charge in [-0.25, -0.2) is 0 Å². The average molecular weight is 145 g/mol. The van der Waals surface area contributed by atoms with Crippen molar-refractivity contribution in [3.05, 3.63) is 0 Å². The summed E-state index contributed by atoms with van der Waals surface area (Å²) < 4.78 is 0. The molecule has 9 heavy (non-hydrogen) atoms. The molecule has 0 radical (unpaired) electrons. The Bertz CT molecular complexity index is 185. The maximum absolute atomic E-state index is 10.0. The molecule has 0 aromatic carbocycles. The van der Waals surface area contributed by atoms with Crippen LogP contribution in [0, 0.1) is 0 Å². The first-order chi connectivity index (χ1) is 4.33. The molecule has 0 saturated carbocycles. The van der Waals surface area contributed by atoms with Crippen molar-refractivity contribution in [2.75, 3.05) is 0 Å². The van der Waals surface area contributed by atoms with E-state index in [4.69, 9.17) is 11.6 Å². The molecule has 0 N–H and O–H groups in total. The van der Waals surface area contributed by atoms with Crippen LogP contribution in [0.15, 0.2) is 10.2 Å². The number of hydrogen-bond acceptors (Lipinski definition) is 3. The summed E-state index contributed by atoms with van der Waals surface area (Å²) in [5, 5.41) is 7.53. The molecule has 1 aliphatic rings. The molecule has 0 spiro atoms. The number of halogens is 1. The summed E-state index contributed by atoms with van der Waals surface area (Å²) in [7, 11) is 0.